The predicted molar refractivity (Wildman–Crippen MR) is 111 cm³/mol. The van der Waals surface area contributed by atoms with Crippen LogP contribution in [0, 0.1) is 0 Å². The minimum atomic E-state index is -0.671. The molecule has 1 atom stereocenters. The quantitative estimate of drug-likeness (QED) is 0.664. The predicted octanol–water partition coefficient (Wildman–Crippen LogP) is 3.86. The Hall–Kier alpha value is -2.83. The summed E-state index contributed by atoms with van der Waals surface area (Å²) in [5, 5.41) is 11.1. The molecule has 0 aliphatic carbocycles. The zero-order valence-corrected chi connectivity index (χ0v) is 17.1. The molecular formula is C22H23ClN2O4. The number of aliphatic hydroxyl groups excluding tert-OH is 1. The van der Waals surface area contributed by atoms with Crippen LogP contribution in [0.2, 0.25) is 5.02 Å². The van der Waals surface area contributed by atoms with E-state index < -0.39 is 23.5 Å². The Morgan fingerprint density at radius 1 is 1.28 bits per heavy atom. The molecule has 152 valence electrons. The fourth-order valence-corrected chi connectivity index (χ4v) is 3.44. The van der Waals surface area contributed by atoms with Crippen molar-refractivity contribution >= 4 is 29.4 Å². The van der Waals surface area contributed by atoms with Crippen LogP contribution in [0.25, 0.3) is 6.08 Å². The molecule has 0 spiro atoms. The Kier molecular flexibility index (Phi) is 6.56. The molecule has 2 heterocycles. The first-order valence-electron chi connectivity index (χ1n) is 9.28. The molecule has 1 aliphatic heterocycles. The summed E-state index contributed by atoms with van der Waals surface area (Å²) in [6, 6.07) is 9.69. The molecule has 1 aromatic carbocycles. The summed E-state index contributed by atoms with van der Waals surface area (Å²) in [7, 11) is 3.90. The molecule has 0 fully saturated rings. The van der Waals surface area contributed by atoms with Gasteiger partial charge in [-0.15, -0.1) is 0 Å². The summed E-state index contributed by atoms with van der Waals surface area (Å²) in [6.45, 7) is 1.19. The van der Waals surface area contributed by atoms with Crippen LogP contribution in [0.15, 0.2) is 64.5 Å². The third-order valence-electron chi connectivity index (χ3n) is 4.70. The maximum absolute atomic E-state index is 12.9. The Balaban J connectivity index is 1.93. The number of aliphatic hydroxyl groups is 1. The second-order valence-electron chi connectivity index (χ2n) is 7.08. The zero-order chi connectivity index (χ0) is 21.0. The molecule has 1 unspecified atom stereocenters. The van der Waals surface area contributed by atoms with Gasteiger partial charge in [0, 0.05) is 11.6 Å². The smallest absolute Gasteiger partial charge is 0.290 e. The van der Waals surface area contributed by atoms with Crippen LogP contribution in [0.3, 0.4) is 0 Å². The van der Waals surface area contributed by atoms with Gasteiger partial charge in [0.05, 0.1) is 17.9 Å². The van der Waals surface area contributed by atoms with E-state index in [0.29, 0.717) is 29.3 Å². The van der Waals surface area contributed by atoms with Crippen LogP contribution in [0.1, 0.15) is 23.8 Å². The van der Waals surface area contributed by atoms with Gasteiger partial charge in [-0.2, -0.15) is 0 Å². The molecule has 1 N–H and O–H groups in total. The van der Waals surface area contributed by atoms with Gasteiger partial charge in [0.1, 0.15) is 5.76 Å². The van der Waals surface area contributed by atoms with Gasteiger partial charge in [-0.3, -0.25) is 9.59 Å². The zero-order valence-electron chi connectivity index (χ0n) is 16.3. The van der Waals surface area contributed by atoms with Crippen molar-refractivity contribution in [2.45, 2.75) is 12.5 Å². The largest absolute Gasteiger partial charge is 0.503 e. The molecule has 1 aliphatic rings. The maximum Gasteiger partial charge on any atom is 0.290 e. The Morgan fingerprint density at radius 3 is 2.62 bits per heavy atom. The monoisotopic (exact) mass is 414 g/mol. The number of allylic oxidation sites excluding steroid dienone is 1. The van der Waals surface area contributed by atoms with Crippen LogP contribution in [-0.2, 0) is 9.59 Å². The number of furan rings is 1. The molecule has 3 rings (SSSR count). The van der Waals surface area contributed by atoms with Crippen LogP contribution in [0.5, 0.6) is 0 Å². The first-order valence-corrected chi connectivity index (χ1v) is 9.66. The normalized spacial score (nSPS) is 17.2. The third kappa shape index (κ3) is 4.78. The van der Waals surface area contributed by atoms with E-state index in [1.807, 2.05) is 19.0 Å². The van der Waals surface area contributed by atoms with Crippen molar-refractivity contribution in [3.63, 3.8) is 0 Å². The van der Waals surface area contributed by atoms with E-state index in [2.05, 4.69) is 0 Å². The van der Waals surface area contributed by atoms with E-state index in [4.69, 9.17) is 16.0 Å². The van der Waals surface area contributed by atoms with Gasteiger partial charge in [-0.05, 0) is 69.0 Å². The molecule has 1 amide bonds. The Labute approximate surface area is 174 Å². The number of ketones is 1. The number of rotatable bonds is 8. The van der Waals surface area contributed by atoms with Crippen LogP contribution in [-0.4, -0.2) is 53.8 Å². The van der Waals surface area contributed by atoms with Crippen LogP contribution in [0.4, 0.5) is 0 Å². The summed E-state index contributed by atoms with van der Waals surface area (Å²) >= 11 is 6.00. The van der Waals surface area contributed by atoms with E-state index >= 15 is 0 Å². The van der Waals surface area contributed by atoms with Gasteiger partial charge in [-0.25, -0.2) is 0 Å². The lowest BCUT2D eigenvalue weighted by atomic mass is 9.95. The molecule has 2 aromatic rings. The summed E-state index contributed by atoms with van der Waals surface area (Å²) in [6.07, 6.45) is 5.04. The maximum atomic E-state index is 12.9. The highest BCUT2D eigenvalue weighted by atomic mass is 35.5. The number of halogens is 1. The van der Waals surface area contributed by atoms with Crippen molar-refractivity contribution in [2.75, 3.05) is 27.2 Å². The lowest BCUT2D eigenvalue weighted by molar-refractivity contribution is -0.129. The van der Waals surface area contributed by atoms with Gasteiger partial charge in [-0.1, -0.05) is 23.7 Å². The second kappa shape index (κ2) is 9.11. The van der Waals surface area contributed by atoms with Gasteiger partial charge >= 0.3 is 0 Å². The van der Waals surface area contributed by atoms with E-state index in [1.165, 1.54) is 23.3 Å². The van der Waals surface area contributed by atoms with E-state index in [1.54, 1.807) is 36.4 Å². The number of hydrogen-bond donors (Lipinski definition) is 1. The summed E-state index contributed by atoms with van der Waals surface area (Å²) in [5.74, 6) is -0.988. The van der Waals surface area contributed by atoms with Crippen molar-refractivity contribution in [1.82, 2.24) is 9.80 Å². The fraction of sp³-hybridized carbons (Fsp3) is 0.273. The first kappa shape index (κ1) is 20.9. The van der Waals surface area contributed by atoms with Crippen LogP contribution < -0.4 is 0 Å². The van der Waals surface area contributed by atoms with Gasteiger partial charge in [0.25, 0.3) is 5.91 Å². The van der Waals surface area contributed by atoms with Crippen molar-refractivity contribution in [3.8, 4) is 0 Å². The number of nitrogens with zero attached hydrogens (tertiary/aromatic N) is 2. The molecule has 0 saturated carbocycles. The highest BCUT2D eigenvalue weighted by Crippen LogP contribution is 2.38. The SMILES string of the molecule is CN(C)CCCN1C(=O)C(O)=C(C(=O)/C=C/c2ccco2)C1c1ccc(Cl)cc1. The lowest BCUT2D eigenvalue weighted by Gasteiger charge is -2.27. The minimum Gasteiger partial charge on any atom is -0.503 e. The fourth-order valence-electron chi connectivity index (χ4n) is 3.32. The molecule has 0 saturated heterocycles. The highest BCUT2D eigenvalue weighted by molar-refractivity contribution is 6.30. The van der Waals surface area contributed by atoms with Crippen molar-refractivity contribution < 1.29 is 19.1 Å². The van der Waals surface area contributed by atoms with E-state index in [9.17, 15) is 14.7 Å². The average Bonchev–Trinajstić information content (AvgIpc) is 3.29. The molecule has 6 nitrogen and oxygen atoms in total. The average molecular weight is 415 g/mol. The van der Waals surface area contributed by atoms with Gasteiger partial charge in [0.2, 0.25) is 0 Å². The van der Waals surface area contributed by atoms with Crippen molar-refractivity contribution in [3.05, 3.63) is 76.4 Å². The van der Waals surface area contributed by atoms with E-state index in [0.717, 1.165) is 6.54 Å². The van der Waals surface area contributed by atoms with Crippen LogP contribution >= 0.6 is 11.6 Å². The summed E-state index contributed by atoms with van der Waals surface area (Å²) < 4.78 is 5.20. The molecular weight excluding hydrogens is 392 g/mol. The molecule has 0 bridgehead atoms. The summed E-state index contributed by atoms with van der Waals surface area (Å²) in [4.78, 5) is 29.2. The minimum absolute atomic E-state index is 0.0602. The molecule has 1 aromatic heterocycles. The van der Waals surface area contributed by atoms with Gasteiger partial charge < -0.3 is 19.3 Å². The molecule has 0 radical (unpaired) electrons. The topological polar surface area (TPSA) is 74.0 Å². The lowest BCUT2D eigenvalue weighted by Crippen LogP contribution is -2.33. The first-order chi connectivity index (χ1) is 13.9. The van der Waals surface area contributed by atoms with Crippen molar-refractivity contribution in [1.29, 1.82) is 0 Å². The molecule has 7 heteroatoms. The van der Waals surface area contributed by atoms with E-state index in [-0.39, 0.29) is 5.57 Å². The second-order valence-corrected chi connectivity index (χ2v) is 7.52. The Morgan fingerprint density at radius 2 is 2.00 bits per heavy atom. The van der Waals surface area contributed by atoms with Crippen molar-refractivity contribution in [2.24, 2.45) is 0 Å². The Bertz CT molecular complexity index is 930. The highest BCUT2D eigenvalue weighted by Gasteiger charge is 2.42. The van der Waals surface area contributed by atoms with Gasteiger partial charge in [0.15, 0.2) is 11.5 Å². The standard InChI is InChI=1S/C22H23ClN2O4/c1-24(2)12-4-13-25-20(15-6-8-16(23)9-7-15)19(21(27)22(25)28)18(26)11-10-17-5-3-14-29-17/h3,5-11,14,20,27H,4,12-13H2,1-2H3/b11-10+. The number of carbonyl (C=O) groups is 2. The number of amides is 1. The third-order valence-corrected chi connectivity index (χ3v) is 4.95. The number of hydrogen-bond acceptors (Lipinski definition) is 5. The number of benzene rings is 1. The molecule has 29 heavy (non-hydrogen) atoms. The summed E-state index contributed by atoms with van der Waals surface area (Å²) in [5.41, 5.74) is 0.774. The number of carbonyl (C=O) groups excluding carboxylic acids is 2.